The third-order valence-electron chi connectivity index (χ3n) is 11.5. The van der Waals surface area contributed by atoms with Crippen LogP contribution < -0.4 is 5.32 Å². The van der Waals surface area contributed by atoms with Crippen LogP contribution >= 0.6 is 0 Å². The molecule has 0 aromatic heterocycles. The number of carbonyl (C=O) groups excluding carboxylic acids is 2. The summed E-state index contributed by atoms with van der Waals surface area (Å²) in [7, 11) is 0. The Balaban J connectivity index is 3.50. The lowest BCUT2D eigenvalue weighted by Crippen LogP contribution is -2.45. The zero-order valence-electron chi connectivity index (χ0n) is 38.1. The van der Waals surface area contributed by atoms with E-state index in [1.165, 1.54) is 161 Å². The number of ether oxygens (including phenoxy) is 1. The molecule has 0 saturated carbocycles. The first-order chi connectivity index (χ1) is 28.0. The Morgan fingerprint density at radius 1 is 0.491 bits per heavy atom. The topological polar surface area (TPSA) is 95.9 Å². The third kappa shape index (κ3) is 43.7. The smallest absolute Gasteiger partial charge is 0.305 e. The quantitative estimate of drug-likeness (QED) is 0.0324. The molecule has 0 heterocycles. The van der Waals surface area contributed by atoms with Crippen molar-refractivity contribution in [2.45, 2.75) is 276 Å². The molecule has 0 spiro atoms. The molecular formula is C51H97NO5. The monoisotopic (exact) mass is 804 g/mol. The van der Waals surface area contributed by atoms with Gasteiger partial charge in [0.05, 0.1) is 25.4 Å². The Labute approximate surface area is 354 Å². The van der Waals surface area contributed by atoms with Gasteiger partial charge in [0.2, 0.25) is 5.91 Å². The summed E-state index contributed by atoms with van der Waals surface area (Å²) in [4.78, 5) is 24.4. The van der Waals surface area contributed by atoms with Gasteiger partial charge in [-0.1, -0.05) is 224 Å². The highest BCUT2D eigenvalue weighted by molar-refractivity contribution is 5.76. The summed E-state index contributed by atoms with van der Waals surface area (Å²) >= 11 is 0. The number of rotatable bonds is 46. The molecule has 2 atom stereocenters. The highest BCUT2D eigenvalue weighted by Gasteiger charge is 2.20. The number of hydrogen-bond acceptors (Lipinski definition) is 5. The summed E-state index contributed by atoms with van der Waals surface area (Å²) in [6, 6.07) is -0.559. The second-order valence-corrected chi connectivity index (χ2v) is 17.1. The highest BCUT2D eigenvalue weighted by atomic mass is 16.5. The van der Waals surface area contributed by atoms with E-state index in [9.17, 15) is 19.8 Å². The lowest BCUT2D eigenvalue weighted by atomic mass is 10.0. The fraction of sp³-hybridized carbons (Fsp3) is 0.882. The maximum atomic E-state index is 12.4. The third-order valence-corrected chi connectivity index (χ3v) is 11.5. The molecule has 0 aliphatic heterocycles. The zero-order valence-corrected chi connectivity index (χ0v) is 38.1. The van der Waals surface area contributed by atoms with Gasteiger partial charge >= 0.3 is 5.97 Å². The van der Waals surface area contributed by atoms with E-state index in [4.69, 9.17) is 4.74 Å². The Kier molecular flexibility index (Phi) is 45.7. The first-order valence-electron chi connectivity index (χ1n) is 25.1. The van der Waals surface area contributed by atoms with Crippen molar-refractivity contribution in [3.8, 4) is 0 Å². The molecule has 0 aliphatic rings. The summed E-state index contributed by atoms with van der Waals surface area (Å²) in [5.41, 5.74) is 0. The fourth-order valence-corrected chi connectivity index (χ4v) is 7.62. The summed E-state index contributed by atoms with van der Waals surface area (Å²) in [6.07, 6.45) is 54.2. The van der Waals surface area contributed by atoms with Crippen LogP contribution in [0.15, 0.2) is 24.3 Å². The molecule has 0 radical (unpaired) electrons. The number of unbranched alkanes of at least 4 members (excludes halogenated alkanes) is 31. The van der Waals surface area contributed by atoms with Gasteiger partial charge < -0.3 is 20.3 Å². The van der Waals surface area contributed by atoms with E-state index in [0.717, 1.165) is 70.6 Å². The average Bonchev–Trinajstić information content (AvgIpc) is 3.21. The van der Waals surface area contributed by atoms with Crippen molar-refractivity contribution in [3.63, 3.8) is 0 Å². The predicted molar refractivity (Wildman–Crippen MR) is 246 cm³/mol. The van der Waals surface area contributed by atoms with Gasteiger partial charge in [-0.3, -0.25) is 9.59 Å². The van der Waals surface area contributed by atoms with Crippen molar-refractivity contribution in [3.05, 3.63) is 24.3 Å². The molecule has 0 aliphatic carbocycles. The zero-order chi connectivity index (χ0) is 41.5. The Morgan fingerprint density at radius 3 is 1.40 bits per heavy atom. The molecule has 0 aromatic rings. The van der Waals surface area contributed by atoms with E-state index in [1.807, 2.05) is 0 Å². The van der Waals surface area contributed by atoms with Crippen LogP contribution in [0.2, 0.25) is 0 Å². The summed E-state index contributed by atoms with van der Waals surface area (Å²) in [6.45, 7) is 4.83. The minimum absolute atomic E-state index is 0.0340. The van der Waals surface area contributed by atoms with Gasteiger partial charge in [0.25, 0.3) is 0 Å². The lowest BCUT2D eigenvalue weighted by Gasteiger charge is -2.22. The minimum Gasteiger partial charge on any atom is -0.466 e. The van der Waals surface area contributed by atoms with E-state index in [2.05, 4.69) is 43.5 Å². The lowest BCUT2D eigenvalue weighted by molar-refractivity contribution is -0.143. The number of nitrogens with one attached hydrogen (secondary N) is 1. The van der Waals surface area contributed by atoms with Crippen LogP contribution in [-0.4, -0.2) is 47.4 Å². The summed E-state index contributed by atoms with van der Waals surface area (Å²) in [5.74, 6) is -0.0921. The van der Waals surface area contributed by atoms with Crippen LogP contribution in [0.5, 0.6) is 0 Å². The number of aliphatic hydroxyl groups excluding tert-OH is 2. The number of allylic oxidation sites excluding steroid dienone is 4. The van der Waals surface area contributed by atoms with Gasteiger partial charge in [0, 0.05) is 12.8 Å². The fourth-order valence-electron chi connectivity index (χ4n) is 7.62. The standard InChI is InChI=1S/C51H97NO5/c1-3-5-7-9-11-13-15-17-18-19-20-22-23-27-31-35-39-43-49(54)48(47-53)52-50(55)44-40-36-32-28-25-26-30-34-38-42-46-57-51(56)45-41-37-33-29-24-21-16-14-12-10-8-6-4-2/h8,10,14,16,48-49,53-54H,3-7,9,11-13,15,17-47H2,1-2H3,(H,52,55)/b10-8-,16-14-. The molecule has 3 N–H and O–H groups in total. The van der Waals surface area contributed by atoms with Crippen LogP contribution in [0.1, 0.15) is 264 Å². The summed E-state index contributed by atoms with van der Waals surface area (Å²) in [5, 5.41) is 23.2. The van der Waals surface area contributed by atoms with Gasteiger partial charge in [-0.05, 0) is 51.4 Å². The Morgan fingerprint density at radius 2 is 0.912 bits per heavy atom. The van der Waals surface area contributed by atoms with Gasteiger partial charge in [0.1, 0.15) is 0 Å². The number of carbonyl (C=O) groups is 2. The molecule has 0 aromatic carbocycles. The Bertz CT molecular complexity index is 889. The van der Waals surface area contributed by atoms with E-state index in [-0.39, 0.29) is 18.5 Å². The van der Waals surface area contributed by atoms with Crippen LogP contribution in [0.3, 0.4) is 0 Å². The van der Waals surface area contributed by atoms with Gasteiger partial charge in [-0.25, -0.2) is 0 Å². The van der Waals surface area contributed by atoms with Gasteiger partial charge in [-0.15, -0.1) is 0 Å². The Hall–Kier alpha value is -1.66. The summed E-state index contributed by atoms with van der Waals surface area (Å²) < 4.78 is 5.44. The second-order valence-electron chi connectivity index (χ2n) is 17.1. The van der Waals surface area contributed by atoms with Crippen molar-refractivity contribution in [2.24, 2.45) is 0 Å². The van der Waals surface area contributed by atoms with Crippen molar-refractivity contribution < 1.29 is 24.5 Å². The molecular weight excluding hydrogens is 707 g/mol. The number of hydrogen-bond donors (Lipinski definition) is 3. The molecule has 6 nitrogen and oxygen atoms in total. The first kappa shape index (κ1) is 55.3. The molecule has 1 amide bonds. The molecule has 57 heavy (non-hydrogen) atoms. The van der Waals surface area contributed by atoms with E-state index >= 15 is 0 Å². The maximum absolute atomic E-state index is 12.4. The molecule has 0 rings (SSSR count). The normalized spacial score (nSPS) is 12.8. The first-order valence-corrected chi connectivity index (χ1v) is 25.1. The van der Waals surface area contributed by atoms with Crippen LogP contribution in [0.25, 0.3) is 0 Å². The van der Waals surface area contributed by atoms with Gasteiger partial charge in [0.15, 0.2) is 0 Å². The predicted octanol–water partition coefficient (Wildman–Crippen LogP) is 14.7. The van der Waals surface area contributed by atoms with Crippen molar-refractivity contribution in [1.29, 1.82) is 0 Å². The highest BCUT2D eigenvalue weighted by Crippen LogP contribution is 2.16. The molecule has 0 bridgehead atoms. The van der Waals surface area contributed by atoms with E-state index < -0.39 is 12.1 Å². The number of amides is 1. The SMILES string of the molecule is CCC/C=C\C/C=C\CCCCCCCC(=O)OCCCCCCCCCCCCC(=O)NC(CO)C(O)CCCCCCCCCCCCCCCCCCC. The maximum Gasteiger partial charge on any atom is 0.305 e. The van der Waals surface area contributed by atoms with Gasteiger partial charge in [-0.2, -0.15) is 0 Å². The second kappa shape index (κ2) is 47.0. The van der Waals surface area contributed by atoms with E-state index in [0.29, 0.717) is 25.9 Å². The van der Waals surface area contributed by atoms with Crippen LogP contribution in [-0.2, 0) is 14.3 Å². The largest absolute Gasteiger partial charge is 0.466 e. The molecule has 336 valence electrons. The van der Waals surface area contributed by atoms with Crippen molar-refractivity contribution in [1.82, 2.24) is 5.32 Å². The average molecular weight is 804 g/mol. The molecule has 2 unspecified atom stereocenters. The van der Waals surface area contributed by atoms with Crippen LogP contribution in [0.4, 0.5) is 0 Å². The van der Waals surface area contributed by atoms with Crippen LogP contribution in [0, 0.1) is 0 Å². The number of aliphatic hydroxyl groups is 2. The number of esters is 1. The molecule has 0 fully saturated rings. The van der Waals surface area contributed by atoms with Crippen molar-refractivity contribution >= 4 is 11.9 Å². The van der Waals surface area contributed by atoms with Crippen molar-refractivity contribution in [2.75, 3.05) is 13.2 Å². The molecule has 0 saturated heterocycles. The molecule has 6 heteroatoms. The minimum atomic E-state index is -0.679. The van der Waals surface area contributed by atoms with E-state index in [1.54, 1.807) is 0 Å².